The van der Waals surface area contributed by atoms with Crippen molar-refractivity contribution in [2.45, 2.75) is 25.4 Å². The van der Waals surface area contributed by atoms with Gasteiger partial charge in [-0.25, -0.2) is 9.18 Å². The van der Waals surface area contributed by atoms with Crippen LogP contribution in [0.4, 0.5) is 4.39 Å². The summed E-state index contributed by atoms with van der Waals surface area (Å²) in [7, 11) is 0. The molecule has 1 aliphatic rings. The van der Waals surface area contributed by atoms with E-state index in [9.17, 15) is 19.1 Å². The zero-order valence-corrected chi connectivity index (χ0v) is 15.7. The second-order valence-electron chi connectivity index (χ2n) is 4.85. The van der Waals surface area contributed by atoms with Crippen LogP contribution in [0, 0.1) is 5.82 Å². The maximum absolute atomic E-state index is 13.6. The number of ether oxygens (including phenoxy) is 1. The number of pyridine rings is 1. The van der Waals surface area contributed by atoms with Crippen molar-refractivity contribution in [3.8, 4) is 0 Å². The molecule has 0 spiro atoms. The van der Waals surface area contributed by atoms with E-state index in [2.05, 4.69) is 15.9 Å². The van der Waals surface area contributed by atoms with E-state index in [0.29, 0.717) is 22.8 Å². The smallest absolute Gasteiger partial charge is 0.342 e. The molecule has 0 saturated heterocycles. The Labute approximate surface area is 150 Å². The van der Waals surface area contributed by atoms with Gasteiger partial charge in [0.15, 0.2) is 0 Å². The second kappa shape index (κ2) is 8.13. The zero-order chi connectivity index (χ0) is 17.9. The fraction of sp³-hybridized carbons (Fsp3) is 0.375. The Kier molecular flexibility index (Phi) is 6.42. The van der Waals surface area contributed by atoms with Crippen LogP contribution in [0.5, 0.6) is 0 Å². The summed E-state index contributed by atoms with van der Waals surface area (Å²) in [4.78, 5) is 23.6. The lowest BCUT2D eigenvalue weighted by Crippen LogP contribution is -2.20. The third kappa shape index (κ3) is 3.50. The fourth-order valence-corrected chi connectivity index (χ4v) is 4.10. The van der Waals surface area contributed by atoms with Crippen LogP contribution in [-0.2, 0) is 11.3 Å². The first kappa shape index (κ1) is 19.0. The van der Waals surface area contributed by atoms with E-state index in [-0.39, 0.29) is 15.4 Å². The molecule has 1 aromatic carbocycles. The van der Waals surface area contributed by atoms with Gasteiger partial charge in [0.25, 0.3) is 0 Å². The molecule has 0 aliphatic carbocycles. The Morgan fingerprint density at radius 3 is 2.62 bits per heavy atom. The zero-order valence-electron chi connectivity index (χ0n) is 13.3. The van der Waals surface area contributed by atoms with Gasteiger partial charge < -0.3 is 14.4 Å². The number of aromatic carboxylic acids is 1. The highest BCUT2D eigenvalue weighted by Gasteiger charge is 2.27. The highest BCUT2D eigenvalue weighted by molar-refractivity contribution is 9.10. The fourth-order valence-electron chi connectivity index (χ4n) is 2.45. The van der Waals surface area contributed by atoms with Crippen LogP contribution in [0.25, 0.3) is 10.9 Å². The maximum atomic E-state index is 13.6. The molecule has 0 fully saturated rings. The van der Waals surface area contributed by atoms with Crippen LogP contribution in [0.1, 0.15) is 24.2 Å². The number of hydrogen-bond acceptors (Lipinski definition) is 4. The third-order valence-electron chi connectivity index (χ3n) is 3.45. The number of aromatic nitrogens is 1. The quantitative estimate of drug-likeness (QED) is 0.823. The predicted octanol–water partition coefficient (Wildman–Crippen LogP) is 3.75. The number of halogens is 2. The van der Waals surface area contributed by atoms with E-state index in [0.717, 1.165) is 13.2 Å². The van der Waals surface area contributed by atoms with Crippen LogP contribution >= 0.6 is 27.7 Å². The van der Waals surface area contributed by atoms with Crippen molar-refractivity contribution in [3.05, 3.63) is 38.2 Å². The van der Waals surface area contributed by atoms with E-state index in [1.165, 1.54) is 23.9 Å². The molecule has 2 heterocycles. The van der Waals surface area contributed by atoms with Crippen LogP contribution < -0.4 is 5.43 Å². The van der Waals surface area contributed by atoms with Gasteiger partial charge in [0.1, 0.15) is 11.4 Å². The van der Waals surface area contributed by atoms with Gasteiger partial charge in [-0.1, -0.05) is 0 Å². The highest BCUT2D eigenvalue weighted by atomic mass is 79.9. The molecule has 0 atom stereocenters. The Hall–Kier alpha value is -1.38. The lowest BCUT2D eigenvalue weighted by Gasteiger charge is -2.12. The summed E-state index contributed by atoms with van der Waals surface area (Å²) in [6.45, 7) is 6.27. The molecule has 24 heavy (non-hydrogen) atoms. The van der Waals surface area contributed by atoms with Gasteiger partial charge in [0.05, 0.1) is 20.4 Å². The van der Waals surface area contributed by atoms with Crippen molar-refractivity contribution in [3.63, 3.8) is 0 Å². The first-order valence-corrected chi connectivity index (χ1v) is 9.20. The number of nitrogens with zero attached hydrogens (tertiary/aromatic N) is 1. The summed E-state index contributed by atoms with van der Waals surface area (Å²) in [5.41, 5.74) is -0.362. The normalized spacial score (nSPS) is 12.7. The topological polar surface area (TPSA) is 68.5 Å². The van der Waals surface area contributed by atoms with Crippen molar-refractivity contribution in [1.82, 2.24) is 4.57 Å². The Balaban J connectivity index is 0.000000368. The van der Waals surface area contributed by atoms with Gasteiger partial charge >= 0.3 is 5.97 Å². The highest BCUT2D eigenvalue weighted by Crippen LogP contribution is 2.34. The number of aryl methyl sites for hydroxylation is 1. The van der Waals surface area contributed by atoms with E-state index in [1.54, 1.807) is 4.57 Å². The molecule has 1 aliphatic heterocycles. The van der Waals surface area contributed by atoms with E-state index in [1.807, 2.05) is 13.8 Å². The Morgan fingerprint density at radius 2 is 2.08 bits per heavy atom. The predicted molar refractivity (Wildman–Crippen MR) is 95.7 cm³/mol. The van der Waals surface area contributed by atoms with Gasteiger partial charge in [-0.3, -0.25) is 4.79 Å². The van der Waals surface area contributed by atoms with Crippen molar-refractivity contribution >= 4 is 44.6 Å². The molecule has 0 radical (unpaired) electrons. The standard InChI is InChI=1S/C12H7BrFNO3S.C4H10O/c13-9-5(14)1-2-6-7(9)10(16)8(12(17)18)11-15(6)3-4-19-11;1-3-5-4-2/h1-2H,3-4H2,(H,17,18);3-4H2,1-2H3. The molecule has 1 aromatic heterocycles. The minimum absolute atomic E-state index is 0.0182. The average Bonchev–Trinajstić information content (AvgIpc) is 3.00. The van der Waals surface area contributed by atoms with Crippen molar-refractivity contribution in [1.29, 1.82) is 0 Å². The summed E-state index contributed by atoms with van der Waals surface area (Å²) in [6, 6.07) is 2.78. The summed E-state index contributed by atoms with van der Waals surface area (Å²) in [5.74, 6) is -1.15. The molecule has 8 heteroatoms. The van der Waals surface area contributed by atoms with E-state index < -0.39 is 17.2 Å². The minimum Gasteiger partial charge on any atom is -0.477 e. The number of thioether (sulfide) groups is 1. The number of carboxylic acids is 1. The first-order chi connectivity index (χ1) is 11.4. The number of benzene rings is 1. The SMILES string of the molecule is CCOCC.O=C(O)c1c2n(c3ccc(F)c(Br)c3c1=O)CCS2. The third-order valence-corrected chi connectivity index (χ3v) is 5.31. The van der Waals surface area contributed by atoms with Gasteiger partial charge in [-0.05, 0) is 41.9 Å². The number of fused-ring (bicyclic) bond motifs is 3. The molecule has 0 bridgehead atoms. The molecule has 0 amide bonds. The van der Waals surface area contributed by atoms with Crippen LogP contribution in [-0.4, -0.2) is 34.6 Å². The Morgan fingerprint density at radius 1 is 1.42 bits per heavy atom. The summed E-state index contributed by atoms with van der Waals surface area (Å²) in [6.07, 6.45) is 0. The number of carbonyl (C=O) groups is 1. The molecule has 2 aromatic rings. The lowest BCUT2D eigenvalue weighted by molar-refractivity contribution is 0.0690. The van der Waals surface area contributed by atoms with E-state index in [4.69, 9.17) is 4.74 Å². The number of rotatable bonds is 3. The van der Waals surface area contributed by atoms with Crippen LogP contribution in [0.15, 0.2) is 26.4 Å². The minimum atomic E-state index is -1.28. The molecule has 130 valence electrons. The average molecular weight is 418 g/mol. The Bertz CT molecular complexity index is 835. The molecule has 5 nitrogen and oxygen atoms in total. The van der Waals surface area contributed by atoms with Gasteiger partial charge in [0.2, 0.25) is 5.43 Å². The number of carboxylic acid groups (broad SMARTS) is 1. The first-order valence-electron chi connectivity index (χ1n) is 7.42. The van der Waals surface area contributed by atoms with Crippen molar-refractivity contribution in [2.24, 2.45) is 0 Å². The summed E-state index contributed by atoms with van der Waals surface area (Å²) < 4.78 is 20.2. The van der Waals surface area contributed by atoms with Crippen molar-refractivity contribution < 1.29 is 19.0 Å². The molecule has 0 unspecified atom stereocenters. The molecule has 3 rings (SSSR count). The second-order valence-corrected chi connectivity index (χ2v) is 6.73. The number of hydrogen-bond donors (Lipinski definition) is 1. The molecular formula is C16H17BrFNO4S. The van der Waals surface area contributed by atoms with Crippen LogP contribution in [0.2, 0.25) is 0 Å². The molecule has 1 N–H and O–H groups in total. The lowest BCUT2D eigenvalue weighted by atomic mass is 10.1. The summed E-state index contributed by atoms with van der Waals surface area (Å²) in [5, 5.41) is 9.75. The van der Waals surface area contributed by atoms with Crippen LogP contribution in [0.3, 0.4) is 0 Å². The van der Waals surface area contributed by atoms with Crippen molar-refractivity contribution in [2.75, 3.05) is 19.0 Å². The monoisotopic (exact) mass is 417 g/mol. The van der Waals surface area contributed by atoms with Gasteiger partial charge in [0, 0.05) is 25.5 Å². The largest absolute Gasteiger partial charge is 0.477 e. The van der Waals surface area contributed by atoms with Gasteiger partial charge in [-0.2, -0.15) is 0 Å². The summed E-state index contributed by atoms with van der Waals surface area (Å²) >= 11 is 4.37. The molecular weight excluding hydrogens is 401 g/mol. The van der Waals surface area contributed by atoms with Gasteiger partial charge in [-0.15, -0.1) is 11.8 Å². The van der Waals surface area contributed by atoms with E-state index >= 15 is 0 Å². The molecule has 0 saturated carbocycles. The maximum Gasteiger partial charge on any atom is 0.342 e.